The first kappa shape index (κ1) is 33.6. The van der Waals surface area contributed by atoms with Crippen molar-refractivity contribution in [2.24, 2.45) is 17.3 Å². The van der Waals surface area contributed by atoms with Crippen molar-refractivity contribution < 1.29 is 14.7 Å². The van der Waals surface area contributed by atoms with Gasteiger partial charge in [-0.25, -0.2) is 0 Å². The van der Waals surface area contributed by atoms with Gasteiger partial charge in [0.25, 0.3) is 0 Å². The highest BCUT2D eigenvalue weighted by atomic mass is 28.3. The van der Waals surface area contributed by atoms with Crippen LogP contribution in [0.3, 0.4) is 0 Å². The van der Waals surface area contributed by atoms with Crippen LogP contribution in [-0.4, -0.2) is 29.9 Å². The van der Waals surface area contributed by atoms with Crippen molar-refractivity contribution in [3.8, 4) is 11.5 Å². The lowest BCUT2D eigenvalue weighted by Gasteiger charge is -2.29. The molecule has 4 nitrogen and oxygen atoms in total. The Morgan fingerprint density at radius 3 is 2.42 bits per heavy atom. The van der Waals surface area contributed by atoms with Crippen LogP contribution in [-0.2, 0) is 9.59 Å². The highest BCUT2D eigenvalue weighted by Crippen LogP contribution is 2.32. The van der Waals surface area contributed by atoms with Gasteiger partial charge >= 0.3 is 5.97 Å². The number of ketones is 1. The van der Waals surface area contributed by atoms with E-state index in [2.05, 4.69) is 69.0 Å². The van der Waals surface area contributed by atoms with Crippen LogP contribution in [0, 0.1) is 28.7 Å². The number of carbonyl (C=O) groups is 2. The first-order valence-corrected chi connectivity index (χ1v) is 17.7. The Bertz CT molecular complexity index is 1010. The van der Waals surface area contributed by atoms with Gasteiger partial charge in [0.05, 0.1) is 5.69 Å². The van der Waals surface area contributed by atoms with Crippen molar-refractivity contribution in [1.82, 2.24) is 4.98 Å². The van der Waals surface area contributed by atoms with Gasteiger partial charge in [-0.2, -0.15) is 0 Å². The smallest absolute Gasteiger partial charge is 0.303 e. The summed E-state index contributed by atoms with van der Waals surface area (Å²) in [4.78, 5) is 28.9. The average Bonchev–Trinajstić information content (AvgIpc) is 2.81. The molecule has 1 aromatic heterocycles. The molecule has 2 unspecified atom stereocenters. The van der Waals surface area contributed by atoms with E-state index in [1.165, 1.54) is 11.1 Å². The van der Waals surface area contributed by atoms with E-state index in [1.54, 1.807) is 0 Å². The van der Waals surface area contributed by atoms with E-state index >= 15 is 0 Å². The van der Waals surface area contributed by atoms with Crippen molar-refractivity contribution in [2.45, 2.75) is 112 Å². The van der Waals surface area contributed by atoms with Crippen LogP contribution in [0.25, 0.3) is 6.08 Å². The largest absolute Gasteiger partial charge is 0.481 e. The number of allylic oxidation sites excluding steroid dienone is 3. The number of nitrogens with zero attached hydrogens (tertiary/aromatic N) is 1. The van der Waals surface area contributed by atoms with Gasteiger partial charge in [-0.15, -0.1) is 11.5 Å². The molecule has 1 heterocycles. The van der Waals surface area contributed by atoms with Crippen molar-refractivity contribution in [3.05, 3.63) is 47.3 Å². The van der Waals surface area contributed by atoms with E-state index in [4.69, 9.17) is 5.11 Å². The van der Waals surface area contributed by atoms with Gasteiger partial charge in [-0.3, -0.25) is 14.6 Å². The van der Waals surface area contributed by atoms with Gasteiger partial charge < -0.3 is 5.11 Å². The Labute approximate surface area is 233 Å². The normalized spacial score (nSPS) is 14.4. The lowest BCUT2D eigenvalue weighted by Crippen LogP contribution is -2.32. The molecule has 5 heteroatoms. The van der Waals surface area contributed by atoms with Crippen molar-refractivity contribution in [2.75, 3.05) is 0 Å². The highest BCUT2D eigenvalue weighted by molar-refractivity contribution is 6.83. The summed E-state index contributed by atoms with van der Waals surface area (Å²) in [5, 5.41) is 9.12. The molecule has 0 saturated heterocycles. The highest BCUT2D eigenvalue weighted by Gasteiger charge is 2.34. The number of pyridine rings is 1. The zero-order chi connectivity index (χ0) is 28.8. The SMILES string of the molecule is CC(=Cc1ccccn1)CCC=C(C)CCCC(C)CC(CC#C[Si](C)(C)C)C(=O)C(C)(C)CCC(=O)O. The standard InChI is InChI=1S/C33H51NO3Si/c1-26(15-12-17-28(3)25-30-19-9-10-22-34-30)14-11-16-27(2)24-29(18-13-23-38(6,7)8)32(37)33(4,5)21-20-31(35)36/h9-10,15,19,22,25,27,29H,11-12,14,16-18,20-21,24H2,1-8H3,(H,35,36). The van der Waals surface area contributed by atoms with Crippen LogP contribution in [0.5, 0.6) is 0 Å². The molecule has 1 N–H and O–H groups in total. The van der Waals surface area contributed by atoms with E-state index < -0.39 is 19.5 Å². The van der Waals surface area contributed by atoms with Crippen LogP contribution in [0.2, 0.25) is 19.6 Å². The second-order valence-electron chi connectivity index (χ2n) is 12.7. The number of carboxylic acid groups (broad SMARTS) is 1. The summed E-state index contributed by atoms with van der Waals surface area (Å²) in [6.45, 7) is 17.0. The van der Waals surface area contributed by atoms with Gasteiger partial charge in [-0.1, -0.05) is 70.1 Å². The second kappa shape index (κ2) is 16.5. The van der Waals surface area contributed by atoms with Crippen molar-refractivity contribution in [1.29, 1.82) is 0 Å². The molecule has 0 saturated carbocycles. The maximum absolute atomic E-state index is 13.5. The zero-order valence-corrected chi connectivity index (χ0v) is 26.2. The number of aromatic nitrogens is 1. The third kappa shape index (κ3) is 15.1. The molecule has 210 valence electrons. The second-order valence-corrected chi connectivity index (χ2v) is 17.4. The topological polar surface area (TPSA) is 67.3 Å². The quantitative estimate of drug-likeness (QED) is 0.130. The molecule has 0 bridgehead atoms. The minimum absolute atomic E-state index is 0.0195. The third-order valence-corrected chi connectivity index (χ3v) is 7.81. The van der Waals surface area contributed by atoms with E-state index in [-0.39, 0.29) is 18.1 Å². The summed E-state index contributed by atoms with van der Waals surface area (Å²) in [6.07, 6.45) is 13.4. The molecule has 1 aromatic rings. The van der Waals surface area contributed by atoms with Crippen LogP contribution in [0.1, 0.15) is 98.1 Å². The number of hydrogen-bond donors (Lipinski definition) is 1. The van der Waals surface area contributed by atoms with Crippen LogP contribution < -0.4 is 0 Å². The first-order valence-electron chi connectivity index (χ1n) is 14.2. The predicted octanol–water partition coefficient (Wildman–Crippen LogP) is 8.76. The fraction of sp³-hybridized carbons (Fsp3) is 0.606. The summed E-state index contributed by atoms with van der Waals surface area (Å²) in [6, 6.07) is 5.97. The molecule has 2 atom stereocenters. The minimum Gasteiger partial charge on any atom is -0.481 e. The first-order chi connectivity index (χ1) is 17.7. The van der Waals surface area contributed by atoms with Crippen molar-refractivity contribution >= 4 is 25.9 Å². The van der Waals surface area contributed by atoms with Crippen molar-refractivity contribution in [3.63, 3.8) is 0 Å². The Hall–Kier alpha value is -2.45. The molecular formula is C33H51NO3Si. The lowest BCUT2D eigenvalue weighted by atomic mass is 9.74. The molecule has 0 aromatic carbocycles. The average molecular weight is 538 g/mol. The van der Waals surface area contributed by atoms with Gasteiger partial charge in [0.1, 0.15) is 13.9 Å². The Kier molecular flexibility index (Phi) is 14.6. The fourth-order valence-corrected chi connectivity index (χ4v) is 5.22. The maximum atomic E-state index is 13.5. The zero-order valence-electron chi connectivity index (χ0n) is 25.2. The number of aliphatic carboxylic acids is 1. The minimum atomic E-state index is -1.51. The predicted molar refractivity (Wildman–Crippen MR) is 163 cm³/mol. The molecule has 0 aliphatic carbocycles. The Morgan fingerprint density at radius 1 is 1.11 bits per heavy atom. The summed E-state index contributed by atoms with van der Waals surface area (Å²) in [5.74, 6) is 2.93. The molecule has 0 spiro atoms. The molecule has 1 rings (SSSR count). The monoisotopic (exact) mass is 537 g/mol. The lowest BCUT2D eigenvalue weighted by molar-refractivity contribution is -0.138. The molecule has 38 heavy (non-hydrogen) atoms. The number of Topliss-reactive ketones (excluding diaryl/α,β-unsaturated/α-hetero) is 1. The molecule has 0 fully saturated rings. The molecular weight excluding hydrogens is 486 g/mol. The molecule has 0 aliphatic rings. The number of carbonyl (C=O) groups excluding carboxylic acids is 1. The Morgan fingerprint density at radius 2 is 1.82 bits per heavy atom. The van der Waals surface area contributed by atoms with Crippen LogP contribution in [0.15, 0.2) is 41.6 Å². The number of hydrogen-bond acceptors (Lipinski definition) is 3. The Balaban J connectivity index is 2.64. The van der Waals surface area contributed by atoms with Gasteiger partial charge in [0.2, 0.25) is 0 Å². The van der Waals surface area contributed by atoms with E-state index in [1.807, 2.05) is 38.2 Å². The van der Waals surface area contributed by atoms with Crippen LogP contribution in [0.4, 0.5) is 0 Å². The summed E-state index contributed by atoms with van der Waals surface area (Å²) in [5.41, 5.74) is 6.53. The molecule has 0 amide bonds. The number of carboxylic acids is 1. The van der Waals surface area contributed by atoms with Gasteiger partial charge in [0.15, 0.2) is 0 Å². The van der Waals surface area contributed by atoms with E-state index in [9.17, 15) is 9.59 Å². The van der Waals surface area contributed by atoms with Gasteiger partial charge in [-0.05, 0) is 76.5 Å². The summed E-state index contributed by atoms with van der Waals surface area (Å²) in [7, 11) is -1.51. The fourth-order valence-electron chi connectivity index (χ4n) is 4.58. The van der Waals surface area contributed by atoms with E-state index in [0.717, 1.165) is 44.2 Å². The van der Waals surface area contributed by atoms with Gasteiger partial charge in [0, 0.05) is 30.4 Å². The van der Waals surface area contributed by atoms with Crippen LogP contribution >= 0.6 is 0 Å². The number of rotatable bonds is 16. The third-order valence-electron chi connectivity index (χ3n) is 6.88. The summed E-state index contributed by atoms with van der Waals surface area (Å²) < 4.78 is 0. The maximum Gasteiger partial charge on any atom is 0.303 e. The summed E-state index contributed by atoms with van der Waals surface area (Å²) >= 11 is 0. The van der Waals surface area contributed by atoms with E-state index in [0.29, 0.717) is 18.8 Å². The molecule has 0 radical (unpaired) electrons. The molecule has 0 aliphatic heterocycles.